The van der Waals surface area contributed by atoms with Crippen LogP contribution in [0, 0.1) is 5.41 Å². The Bertz CT molecular complexity index is 228. The summed E-state index contributed by atoms with van der Waals surface area (Å²) in [5, 5.41) is 8.75. The van der Waals surface area contributed by atoms with Gasteiger partial charge in [-0.2, -0.15) is 0 Å². The molecule has 0 aromatic heterocycles. The fourth-order valence-corrected chi connectivity index (χ4v) is 1.94. The van der Waals surface area contributed by atoms with E-state index in [1.165, 1.54) is 0 Å². The Morgan fingerprint density at radius 1 is 1.19 bits per heavy atom. The van der Waals surface area contributed by atoms with Crippen molar-refractivity contribution in [1.82, 2.24) is 9.80 Å². The summed E-state index contributed by atoms with van der Waals surface area (Å²) < 4.78 is 0. The van der Waals surface area contributed by atoms with E-state index in [-0.39, 0.29) is 17.9 Å². The van der Waals surface area contributed by atoms with Crippen molar-refractivity contribution in [3.05, 3.63) is 0 Å². The second-order valence-electron chi connectivity index (χ2n) is 5.46. The second kappa shape index (κ2) is 5.64. The molecular weight excluding hydrogens is 204 g/mol. The normalized spacial score (nSPS) is 18.9. The van der Waals surface area contributed by atoms with E-state index in [0.717, 1.165) is 39.1 Å². The smallest absolute Gasteiger partial charge is 0.228 e. The van der Waals surface area contributed by atoms with E-state index >= 15 is 0 Å². The van der Waals surface area contributed by atoms with Crippen LogP contribution in [0.2, 0.25) is 0 Å². The molecular formula is C12H24N2O2. The molecule has 0 aromatic rings. The third-order valence-corrected chi connectivity index (χ3v) is 2.93. The van der Waals surface area contributed by atoms with E-state index in [2.05, 4.69) is 4.90 Å². The van der Waals surface area contributed by atoms with Crippen LogP contribution in [0.15, 0.2) is 0 Å². The largest absolute Gasteiger partial charge is 0.396 e. The minimum atomic E-state index is -0.271. The Hall–Kier alpha value is -0.610. The molecule has 0 unspecified atom stereocenters. The van der Waals surface area contributed by atoms with Gasteiger partial charge in [-0.15, -0.1) is 0 Å². The van der Waals surface area contributed by atoms with Crippen molar-refractivity contribution < 1.29 is 9.90 Å². The van der Waals surface area contributed by atoms with Gasteiger partial charge >= 0.3 is 0 Å². The summed E-state index contributed by atoms with van der Waals surface area (Å²) >= 11 is 0. The molecule has 1 amide bonds. The first-order valence-corrected chi connectivity index (χ1v) is 6.08. The maximum absolute atomic E-state index is 12.0. The first-order chi connectivity index (χ1) is 7.45. The van der Waals surface area contributed by atoms with Crippen molar-refractivity contribution >= 4 is 5.91 Å². The topological polar surface area (TPSA) is 43.8 Å². The van der Waals surface area contributed by atoms with Crippen LogP contribution in [-0.2, 0) is 4.79 Å². The monoisotopic (exact) mass is 228 g/mol. The Balaban J connectivity index is 2.34. The van der Waals surface area contributed by atoms with Crippen LogP contribution in [0.1, 0.15) is 27.2 Å². The fraction of sp³-hybridized carbons (Fsp3) is 0.917. The van der Waals surface area contributed by atoms with Crippen molar-refractivity contribution in [3.63, 3.8) is 0 Å². The van der Waals surface area contributed by atoms with E-state index < -0.39 is 0 Å². The van der Waals surface area contributed by atoms with E-state index in [9.17, 15) is 4.79 Å². The van der Waals surface area contributed by atoms with Crippen LogP contribution in [0.25, 0.3) is 0 Å². The van der Waals surface area contributed by atoms with Crippen molar-refractivity contribution in [3.8, 4) is 0 Å². The van der Waals surface area contributed by atoms with Crippen LogP contribution >= 0.6 is 0 Å². The van der Waals surface area contributed by atoms with Crippen LogP contribution in [0.4, 0.5) is 0 Å². The Labute approximate surface area is 98.2 Å². The Kier molecular flexibility index (Phi) is 4.74. The molecule has 94 valence electrons. The van der Waals surface area contributed by atoms with Gasteiger partial charge in [0.15, 0.2) is 0 Å². The van der Waals surface area contributed by atoms with Gasteiger partial charge in [-0.3, -0.25) is 9.69 Å². The average Bonchev–Trinajstić information content (AvgIpc) is 2.25. The summed E-state index contributed by atoms with van der Waals surface area (Å²) in [7, 11) is 0. The van der Waals surface area contributed by atoms with Gasteiger partial charge < -0.3 is 10.0 Å². The standard InChI is InChI=1S/C12H24N2O2/c1-12(2,3)11(16)14-8-6-13(7-9-14)5-4-10-15/h15H,4-10H2,1-3H3. The predicted octanol–water partition coefficient (Wildman–Crippen LogP) is 0.559. The van der Waals surface area contributed by atoms with Crippen LogP contribution in [-0.4, -0.2) is 60.1 Å². The maximum atomic E-state index is 12.0. The number of aliphatic hydroxyl groups excluding tert-OH is 1. The summed E-state index contributed by atoms with van der Waals surface area (Å²) in [5.41, 5.74) is -0.271. The van der Waals surface area contributed by atoms with E-state index in [1.54, 1.807) is 0 Å². The van der Waals surface area contributed by atoms with Gasteiger partial charge in [0.2, 0.25) is 5.91 Å². The van der Waals surface area contributed by atoms with Crippen molar-refractivity contribution in [2.45, 2.75) is 27.2 Å². The lowest BCUT2D eigenvalue weighted by atomic mass is 9.94. The molecule has 0 radical (unpaired) electrons. The lowest BCUT2D eigenvalue weighted by Crippen LogP contribution is -2.51. The number of rotatable bonds is 3. The minimum Gasteiger partial charge on any atom is -0.396 e. The summed E-state index contributed by atoms with van der Waals surface area (Å²) in [6, 6.07) is 0. The van der Waals surface area contributed by atoms with Crippen LogP contribution in [0.5, 0.6) is 0 Å². The number of piperazine rings is 1. The molecule has 0 aliphatic carbocycles. The van der Waals surface area contributed by atoms with Gasteiger partial charge in [-0.1, -0.05) is 20.8 Å². The first-order valence-electron chi connectivity index (χ1n) is 6.08. The van der Waals surface area contributed by atoms with Gasteiger partial charge in [-0.25, -0.2) is 0 Å². The lowest BCUT2D eigenvalue weighted by Gasteiger charge is -2.37. The number of hydrogen-bond donors (Lipinski definition) is 1. The van der Waals surface area contributed by atoms with E-state index in [0.29, 0.717) is 0 Å². The maximum Gasteiger partial charge on any atom is 0.228 e. The summed E-state index contributed by atoms with van der Waals surface area (Å²) in [6.07, 6.45) is 0.827. The molecule has 4 nitrogen and oxygen atoms in total. The molecule has 0 bridgehead atoms. The average molecular weight is 228 g/mol. The van der Waals surface area contributed by atoms with Gasteiger partial charge in [0.1, 0.15) is 0 Å². The molecule has 1 fully saturated rings. The highest BCUT2D eigenvalue weighted by Gasteiger charge is 2.29. The van der Waals surface area contributed by atoms with Crippen molar-refractivity contribution in [2.75, 3.05) is 39.3 Å². The quantitative estimate of drug-likeness (QED) is 0.767. The predicted molar refractivity (Wildman–Crippen MR) is 64.2 cm³/mol. The number of carbonyl (C=O) groups is 1. The number of nitrogens with zero attached hydrogens (tertiary/aromatic N) is 2. The third-order valence-electron chi connectivity index (χ3n) is 2.93. The number of aliphatic hydroxyl groups is 1. The van der Waals surface area contributed by atoms with Crippen molar-refractivity contribution in [2.24, 2.45) is 5.41 Å². The van der Waals surface area contributed by atoms with Gasteiger partial charge in [0.05, 0.1) is 0 Å². The highest BCUT2D eigenvalue weighted by Crippen LogP contribution is 2.18. The molecule has 0 spiro atoms. The highest BCUT2D eigenvalue weighted by atomic mass is 16.3. The molecule has 1 aliphatic rings. The van der Waals surface area contributed by atoms with Crippen LogP contribution in [0.3, 0.4) is 0 Å². The fourth-order valence-electron chi connectivity index (χ4n) is 1.94. The molecule has 1 saturated heterocycles. The summed E-state index contributed by atoms with van der Waals surface area (Å²) in [4.78, 5) is 16.3. The zero-order valence-electron chi connectivity index (χ0n) is 10.7. The minimum absolute atomic E-state index is 0.245. The zero-order valence-corrected chi connectivity index (χ0v) is 10.7. The molecule has 16 heavy (non-hydrogen) atoms. The van der Waals surface area contributed by atoms with Crippen molar-refractivity contribution in [1.29, 1.82) is 0 Å². The number of carbonyl (C=O) groups excluding carboxylic acids is 1. The summed E-state index contributed by atoms with van der Waals surface area (Å²) in [5.74, 6) is 0.245. The van der Waals surface area contributed by atoms with Gasteiger partial charge in [-0.05, 0) is 6.42 Å². The third kappa shape index (κ3) is 3.76. The molecule has 0 atom stereocenters. The number of amides is 1. The Morgan fingerprint density at radius 2 is 1.75 bits per heavy atom. The molecule has 4 heteroatoms. The lowest BCUT2D eigenvalue weighted by molar-refractivity contribution is -0.141. The van der Waals surface area contributed by atoms with E-state index in [4.69, 9.17) is 5.11 Å². The Morgan fingerprint density at radius 3 is 2.19 bits per heavy atom. The molecule has 1 rings (SSSR count). The SMILES string of the molecule is CC(C)(C)C(=O)N1CCN(CCCO)CC1. The zero-order chi connectivity index (χ0) is 12.2. The molecule has 0 saturated carbocycles. The van der Waals surface area contributed by atoms with E-state index in [1.807, 2.05) is 25.7 Å². The number of hydrogen-bond acceptors (Lipinski definition) is 3. The molecule has 1 heterocycles. The second-order valence-corrected chi connectivity index (χ2v) is 5.46. The molecule has 1 aliphatic heterocycles. The van der Waals surface area contributed by atoms with Gasteiger partial charge in [0, 0.05) is 44.7 Å². The first kappa shape index (κ1) is 13.5. The van der Waals surface area contributed by atoms with Gasteiger partial charge in [0.25, 0.3) is 0 Å². The highest BCUT2D eigenvalue weighted by molar-refractivity contribution is 5.81. The summed E-state index contributed by atoms with van der Waals surface area (Å²) in [6.45, 7) is 10.6. The van der Waals surface area contributed by atoms with Crippen LogP contribution < -0.4 is 0 Å². The molecule has 1 N–H and O–H groups in total. The molecule has 0 aromatic carbocycles.